The number of carbonyl (C=O) groups is 1. The van der Waals surface area contributed by atoms with Gasteiger partial charge in [-0.1, -0.05) is 48.5 Å². The van der Waals surface area contributed by atoms with Crippen LogP contribution in [-0.2, 0) is 11.4 Å². The highest BCUT2D eigenvalue weighted by Gasteiger charge is 2.17. The summed E-state index contributed by atoms with van der Waals surface area (Å²) in [4.78, 5) is 12.6. The second-order valence-electron chi connectivity index (χ2n) is 6.49. The molecule has 0 aliphatic heterocycles. The van der Waals surface area contributed by atoms with E-state index in [1.807, 2.05) is 54.6 Å². The Bertz CT molecular complexity index is 967. The molecule has 1 amide bonds. The summed E-state index contributed by atoms with van der Waals surface area (Å²) in [6.07, 6.45) is 0. The third-order valence-corrected chi connectivity index (χ3v) is 4.28. The van der Waals surface area contributed by atoms with Gasteiger partial charge in [-0.3, -0.25) is 4.79 Å². The van der Waals surface area contributed by atoms with Crippen molar-refractivity contribution in [2.45, 2.75) is 26.2 Å². The highest BCUT2D eigenvalue weighted by molar-refractivity contribution is 5.97. The van der Waals surface area contributed by atoms with E-state index in [0.717, 1.165) is 17.0 Å². The summed E-state index contributed by atoms with van der Waals surface area (Å²) in [6.45, 7) is -0.969. The molecule has 1 unspecified atom stereocenters. The van der Waals surface area contributed by atoms with Crippen LogP contribution in [0.3, 0.4) is 0 Å². The number of benzene rings is 3. The van der Waals surface area contributed by atoms with Crippen LogP contribution in [0.5, 0.6) is 11.5 Å². The lowest BCUT2D eigenvalue weighted by molar-refractivity contribution is -0.116. The van der Waals surface area contributed by atoms with Crippen LogP contribution >= 0.6 is 0 Å². The number of amides is 1. The minimum absolute atomic E-state index is 0.0929. The van der Waals surface area contributed by atoms with Crippen molar-refractivity contribution in [3.63, 3.8) is 0 Å². The number of hydrogen-bond donors (Lipinski definition) is 2. The van der Waals surface area contributed by atoms with Crippen LogP contribution in [0, 0.1) is 0 Å². The highest BCUT2D eigenvalue weighted by atomic mass is 19.3. The van der Waals surface area contributed by atoms with Gasteiger partial charge in [0.2, 0.25) is 5.91 Å². The Hall–Kier alpha value is -3.61. The first-order chi connectivity index (χ1) is 14.5. The van der Waals surface area contributed by atoms with E-state index < -0.39 is 12.7 Å². The Kier molecular flexibility index (Phi) is 7.21. The summed E-state index contributed by atoms with van der Waals surface area (Å²) in [5.41, 5.74) is 1.80. The van der Waals surface area contributed by atoms with Crippen LogP contribution in [0.4, 0.5) is 20.2 Å². The second-order valence-corrected chi connectivity index (χ2v) is 6.49. The Labute approximate surface area is 173 Å². The first kappa shape index (κ1) is 21.1. The van der Waals surface area contributed by atoms with Gasteiger partial charge in [0.05, 0.1) is 5.69 Å². The lowest BCUT2D eigenvalue weighted by Gasteiger charge is -2.19. The number of carbonyl (C=O) groups excluding carboxylic acids is 1. The molecular formula is C23H22F2N2O3. The van der Waals surface area contributed by atoms with Crippen molar-refractivity contribution in [2.75, 3.05) is 10.6 Å². The molecule has 0 aliphatic rings. The minimum Gasteiger partial charge on any atom is -0.489 e. The lowest BCUT2D eigenvalue weighted by atomic mass is 10.1. The third kappa shape index (κ3) is 5.94. The van der Waals surface area contributed by atoms with Gasteiger partial charge in [-0.05, 0) is 37.3 Å². The molecule has 3 aromatic rings. The van der Waals surface area contributed by atoms with Crippen LogP contribution in [0.15, 0.2) is 78.9 Å². The number of ether oxygens (including phenoxy) is 2. The second kappa shape index (κ2) is 10.2. The van der Waals surface area contributed by atoms with Gasteiger partial charge in [0.15, 0.2) is 0 Å². The Morgan fingerprint density at radius 3 is 2.27 bits per heavy atom. The summed E-state index contributed by atoms with van der Waals surface area (Å²) >= 11 is 0. The van der Waals surface area contributed by atoms with Crippen molar-refractivity contribution in [1.29, 1.82) is 0 Å². The summed E-state index contributed by atoms with van der Waals surface area (Å²) in [6, 6.07) is 22.3. The molecule has 3 aromatic carbocycles. The number of anilines is 2. The van der Waals surface area contributed by atoms with Gasteiger partial charge in [0.25, 0.3) is 0 Å². The first-order valence-corrected chi connectivity index (χ1v) is 9.40. The van der Waals surface area contributed by atoms with Crippen LogP contribution in [0.1, 0.15) is 12.5 Å². The average Bonchev–Trinajstić information content (AvgIpc) is 2.75. The van der Waals surface area contributed by atoms with Crippen LogP contribution in [0.25, 0.3) is 0 Å². The van der Waals surface area contributed by atoms with Gasteiger partial charge >= 0.3 is 6.61 Å². The van der Waals surface area contributed by atoms with Crippen LogP contribution in [-0.4, -0.2) is 18.6 Å². The molecule has 0 radical (unpaired) electrons. The first-order valence-electron chi connectivity index (χ1n) is 9.40. The van der Waals surface area contributed by atoms with E-state index in [0.29, 0.717) is 6.61 Å². The number of para-hydroxylation sites is 4. The molecule has 0 aromatic heterocycles. The molecule has 0 heterocycles. The molecular weight excluding hydrogens is 390 g/mol. The molecule has 2 N–H and O–H groups in total. The fourth-order valence-corrected chi connectivity index (χ4v) is 2.77. The van der Waals surface area contributed by atoms with Crippen molar-refractivity contribution in [3.05, 3.63) is 84.4 Å². The fourth-order valence-electron chi connectivity index (χ4n) is 2.77. The molecule has 0 spiro atoms. The average molecular weight is 412 g/mol. The maximum Gasteiger partial charge on any atom is 0.387 e. The maximum atomic E-state index is 12.6. The van der Waals surface area contributed by atoms with Gasteiger partial charge in [-0.2, -0.15) is 8.78 Å². The van der Waals surface area contributed by atoms with Crippen LogP contribution in [0.2, 0.25) is 0 Å². The van der Waals surface area contributed by atoms with E-state index in [2.05, 4.69) is 15.4 Å². The van der Waals surface area contributed by atoms with Crippen LogP contribution < -0.4 is 20.1 Å². The van der Waals surface area contributed by atoms with Gasteiger partial charge < -0.3 is 20.1 Å². The van der Waals surface area contributed by atoms with E-state index in [1.165, 1.54) is 12.1 Å². The monoisotopic (exact) mass is 412 g/mol. The molecule has 0 saturated carbocycles. The molecule has 1 atom stereocenters. The van der Waals surface area contributed by atoms with Gasteiger partial charge in [0, 0.05) is 11.3 Å². The molecule has 0 aliphatic carbocycles. The largest absolute Gasteiger partial charge is 0.489 e. The number of nitrogens with one attached hydrogen (secondary N) is 2. The van der Waals surface area contributed by atoms with Crippen molar-refractivity contribution < 1.29 is 23.0 Å². The third-order valence-electron chi connectivity index (χ3n) is 4.28. The molecule has 3 rings (SSSR count). The molecule has 0 fully saturated rings. The summed E-state index contributed by atoms with van der Waals surface area (Å²) in [5.74, 6) is 0.262. The summed E-state index contributed by atoms with van der Waals surface area (Å²) in [5, 5.41) is 5.77. The predicted octanol–water partition coefficient (Wildman–Crippen LogP) is 5.31. The van der Waals surface area contributed by atoms with E-state index >= 15 is 0 Å². The highest BCUT2D eigenvalue weighted by Crippen LogP contribution is 2.26. The quantitative estimate of drug-likeness (QED) is 0.500. The van der Waals surface area contributed by atoms with E-state index in [-0.39, 0.29) is 17.3 Å². The Morgan fingerprint density at radius 2 is 1.53 bits per heavy atom. The van der Waals surface area contributed by atoms with Crippen molar-refractivity contribution in [1.82, 2.24) is 0 Å². The Morgan fingerprint density at radius 1 is 0.900 bits per heavy atom. The molecule has 5 nitrogen and oxygen atoms in total. The number of rotatable bonds is 9. The smallest absolute Gasteiger partial charge is 0.387 e. The predicted molar refractivity (Wildman–Crippen MR) is 112 cm³/mol. The Balaban J connectivity index is 1.65. The summed E-state index contributed by atoms with van der Waals surface area (Å²) in [7, 11) is 0. The zero-order valence-electron chi connectivity index (χ0n) is 16.3. The topological polar surface area (TPSA) is 59.6 Å². The zero-order chi connectivity index (χ0) is 21.3. The zero-order valence-corrected chi connectivity index (χ0v) is 16.3. The van der Waals surface area contributed by atoms with Gasteiger partial charge in [-0.25, -0.2) is 0 Å². The number of alkyl halides is 2. The fraction of sp³-hybridized carbons (Fsp3) is 0.174. The number of hydrogen-bond acceptors (Lipinski definition) is 4. The maximum absolute atomic E-state index is 12.6. The van der Waals surface area contributed by atoms with E-state index in [4.69, 9.17) is 4.74 Å². The van der Waals surface area contributed by atoms with Crippen molar-refractivity contribution in [3.8, 4) is 11.5 Å². The SMILES string of the molecule is CC(Nc1ccccc1COc1ccccc1)C(=O)Nc1ccccc1OC(F)F. The number of halogens is 2. The van der Waals surface area contributed by atoms with Crippen molar-refractivity contribution >= 4 is 17.3 Å². The molecule has 156 valence electrons. The van der Waals surface area contributed by atoms with Gasteiger partial charge in [0.1, 0.15) is 24.1 Å². The minimum atomic E-state index is -2.98. The molecule has 0 bridgehead atoms. The molecule has 0 saturated heterocycles. The van der Waals surface area contributed by atoms with E-state index in [1.54, 1.807) is 19.1 Å². The van der Waals surface area contributed by atoms with Crippen molar-refractivity contribution in [2.24, 2.45) is 0 Å². The van der Waals surface area contributed by atoms with E-state index in [9.17, 15) is 13.6 Å². The van der Waals surface area contributed by atoms with Gasteiger partial charge in [-0.15, -0.1) is 0 Å². The standard InChI is InChI=1S/C23H22F2N2O3/c1-16(22(28)27-20-13-7-8-14-21(20)30-23(24)25)26-19-12-6-5-9-17(19)15-29-18-10-3-2-4-11-18/h2-14,16,23,26H,15H2,1H3,(H,27,28). The normalized spacial score (nSPS) is 11.6. The molecule has 7 heteroatoms. The summed E-state index contributed by atoms with van der Waals surface area (Å²) < 4.78 is 35.4. The molecule has 30 heavy (non-hydrogen) atoms. The lowest BCUT2D eigenvalue weighted by Crippen LogP contribution is -2.32.